The van der Waals surface area contributed by atoms with Crippen molar-refractivity contribution in [1.29, 1.82) is 0 Å². The van der Waals surface area contributed by atoms with Crippen LogP contribution in [0.15, 0.2) is 30.3 Å². The van der Waals surface area contributed by atoms with Gasteiger partial charge in [-0.3, -0.25) is 4.79 Å². The van der Waals surface area contributed by atoms with E-state index in [4.69, 9.17) is 15.9 Å². The van der Waals surface area contributed by atoms with Crippen LogP contribution in [-0.4, -0.2) is 22.2 Å². The molecule has 4 nitrogen and oxygen atoms in total. The minimum absolute atomic E-state index is 0.135. The van der Waals surface area contributed by atoms with Crippen molar-refractivity contribution in [3.63, 3.8) is 0 Å². The highest BCUT2D eigenvalue weighted by molar-refractivity contribution is 5.77. The maximum absolute atomic E-state index is 10.4. The zero-order valence-corrected chi connectivity index (χ0v) is 7.42. The van der Waals surface area contributed by atoms with Crippen molar-refractivity contribution in [3.05, 3.63) is 35.9 Å². The molecule has 1 rings (SSSR count). The predicted molar refractivity (Wildman–Crippen MR) is 52.8 cm³/mol. The molecule has 0 spiro atoms. The van der Waals surface area contributed by atoms with Gasteiger partial charge in [0.2, 0.25) is 0 Å². The standard InChI is InChI=1S/C10H11NO3/c11-9(10(13)14)5-4-7-2-1-3-8(12)6-7/h1-6,9,12H,11H2,(H,13,14). The van der Waals surface area contributed by atoms with Gasteiger partial charge in [-0.15, -0.1) is 0 Å². The number of aromatic hydroxyl groups is 1. The molecule has 0 saturated carbocycles. The van der Waals surface area contributed by atoms with Gasteiger partial charge in [0.15, 0.2) is 0 Å². The molecule has 1 aromatic rings. The van der Waals surface area contributed by atoms with E-state index in [2.05, 4.69) is 0 Å². The number of rotatable bonds is 3. The molecule has 0 aromatic heterocycles. The lowest BCUT2D eigenvalue weighted by molar-refractivity contribution is -0.137. The number of nitrogens with two attached hydrogens (primary N) is 1. The maximum Gasteiger partial charge on any atom is 0.324 e. The third-order valence-electron chi connectivity index (χ3n) is 1.65. The second kappa shape index (κ2) is 4.43. The van der Waals surface area contributed by atoms with E-state index >= 15 is 0 Å². The van der Waals surface area contributed by atoms with Gasteiger partial charge in [0.1, 0.15) is 11.8 Å². The largest absolute Gasteiger partial charge is 0.508 e. The monoisotopic (exact) mass is 193 g/mol. The van der Waals surface area contributed by atoms with Crippen molar-refractivity contribution in [2.24, 2.45) is 5.73 Å². The van der Waals surface area contributed by atoms with Crippen molar-refractivity contribution < 1.29 is 15.0 Å². The lowest BCUT2D eigenvalue weighted by Gasteiger charge is -1.98. The number of carboxylic acid groups (broad SMARTS) is 1. The Morgan fingerprint density at radius 3 is 2.79 bits per heavy atom. The molecule has 0 amide bonds. The summed E-state index contributed by atoms with van der Waals surface area (Å²) in [7, 11) is 0. The van der Waals surface area contributed by atoms with E-state index in [0.29, 0.717) is 5.56 Å². The van der Waals surface area contributed by atoms with Crippen LogP contribution in [0.2, 0.25) is 0 Å². The molecule has 0 aliphatic carbocycles. The Bertz CT molecular complexity index is 360. The molecule has 74 valence electrons. The average molecular weight is 193 g/mol. The summed E-state index contributed by atoms with van der Waals surface area (Å²) in [6.07, 6.45) is 2.91. The molecule has 0 fully saturated rings. The van der Waals surface area contributed by atoms with Crippen LogP contribution in [0.4, 0.5) is 0 Å². The molecule has 0 bridgehead atoms. The summed E-state index contributed by atoms with van der Waals surface area (Å²) < 4.78 is 0. The molecule has 0 radical (unpaired) electrons. The van der Waals surface area contributed by atoms with Gasteiger partial charge >= 0.3 is 5.97 Å². The first-order chi connectivity index (χ1) is 6.59. The van der Waals surface area contributed by atoms with Crippen LogP contribution in [0.3, 0.4) is 0 Å². The normalized spacial score (nSPS) is 12.9. The maximum atomic E-state index is 10.4. The first-order valence-electron chi connectivity index (χ1n) is 4.05. The fourth-order valence-electron chi connectivity index (χ4n) is 0.926. The summed E-state index contributed by atoms with van der Waals surface area (Å²) in [5, 5.41) is 17.6. The molecule has 0 saturated heterocycles. The lowest BCUT2D eigenvalue weighted by atomic mass is 10.1. The van der Waals surface area contributed by atoms with Gasteiger partial charge < -0.3 is 15.9 Å². The predicted octanol–water partition coefficient (Wildman–Crippen LogP) is 0.817. The number of aliphatic carboxylic acids is 1. The Morgan fingerprint density at radius 1 is 1.50 bits per heavy atom. The van der Waals surface area contributed by atoms with Gasteiger partial charge in [-0.2, -0.15) is 0 Å². The van der Waals surface area contributed by atoms with E-state index in [9.17, 15) is 4.79 Å². The van der Waals surface area contributed by atoms with E-state index in [1.54, 1.807) is 18.2 Å². The highest BCUT2D eigenvalue weighted by atomic mass is 16.4. The third kappa shape index (κ3) is 2.91. The van der Waals surface area contributed by atoms with Crippen LogP contribution >= 0.6 is 0 Å². The Labute approximate surface area is 81.3 Å². The zero-order valence-electron chi connectivity index (χ0n) is 7.42. The van der Waals surface area contributed by atoms with Gasteiger partial charge in [0.25, 0.3) is 0 Å². The Morgan fingerprint density at radius 2 is 2.21 bits per heavy atom. The Hall–Kier alpha value is -1.81. The van der Waals surface area contributed by atoms with E-state index in [0.717, 1.165) is 0 Å². The smallest absolute Gasteiger partial charge is 0.324 e. The molecule has 14 heavy (non-hydrogen) atoms. The SMILES string of the molecule is NC(C=Cc1cccc(O)c1)C(=O)O. The zero-order chi connectivity index (χ0) is 10.6. The fourth-order valence-corrected chi connectivity index (χ4v) is 0.926. The minimum Gasteiger partial charge on any atom is -0.508 e. The van der Waals surface area contributed by atoms with Crippen LogP contribution in [0.25, 0.3) is 6.08 Å². The molecule has 1 aromatic carbocycles. The molecule has 0 heterocycles. The number of carbonyl (C=O) groups is 1. The molecule has 4 N–H and O–H groups in total. The molecule has 0 aliphatic rings. The fraction of sp³-hybridized carbons (Fsp3) is 0.100. The highest BCUT2D eigenvalue weighted by Gasteiger charge is 2.05. The van der Waals surface area contributed by atoms with Crippen LogP contribution in [0, 0.1) is 0 Å². The first-order valence-corrected chi connectivity index (χ1v) is 4.05. The van der Waals surface area contributed by atoms with Crippen LogP contribution in [-0.2, 0) is 4.79 Å². The minimum atomic E-state index is -1.08. The lowest BCUT2D eigenvalue weighted by Crippen LogP contribution is -2.27. The molecule has 4 heteroatoms. The third-order valence-corrected chi connectivity index (χ3v) is 1.65. The number of carboxylic acids is 1. The van der Waals surface area contributed by atoms with Crippen LogP contribution in [0.1, 0.15) is 5.56 Å². The van der Waals surface area contributed by atoms with Gasteiger partial charge in [-0.05, 0) is 17.7 Å². The van der Waals surface area contributed by atoms with E-state index in [1.807, 2.05) is 0 Å². The first kappa shape index (κ1) is 10.3. The molecule has 0 aliphatic heterocycles. The summed E-state index contributed by atoms with van der Waals surface area (Å²) in [6, 6.07) is 5.45. The summed E-state index contributed by atoms with van der Waals surface area (Å²) in [5.74, 6) is -0.947. The van der Waals surface area contributed by atoms with Crippen molar-refractivity contribution >= 4 is 12.0 Å². The average Bonchev–Trinajstić information content (AvgIpc) is 2.14. The molecule has 1 atom stereocenters. The summed E-state index contributed by atoms with van der Waals surface area (Å²) in [4.78, 5) is 10.4. The molecular weight excluding hydrogens is 182 g/mol. The second-order valence-corrected chi connectivity index (χ2v) is 2.82. The molecule has 1 unspecified atom stereocenters. The Balaban J connectivity index is 2.73. The van der Waals surface area contributed by atoms with E-state index < -0.39 is 12.0 Å². The highest BCUT2D eigenvalue weighted by Crippen LogP contribution is 2.12. The van der Waals surface area contributed by atoms with Gasteiger partial charge in [-0.1, -0.05) is 24.3 Å². The second-order valence-electron chi connectivity index (χ2n) is 2.82. The van der Waals surface area contributed by atoms with Crippen molar-refractivity contribution in [2.75, 3.05) is 0 Å². The number of hydrogen-bond acceptors (Lipinski definition) is 3. The number of phenolic OH excluding ortho intramolecular Hbond substituents is 1. The number of hydrogen-bond donors (Lipinski definition) is 3. The topological polar surface area (TPSA) is 83.5 Å². The Kier molecular flexibility index (Phi) is 3.25. The van der Waals surface area contributed by atoms with Crippen molar-refractivity contribution in [1.82, 2.24) is 0 Å². The number of phenols is 1. The van der Waals surface area contributed by atoms with Crippen molar-refractivity contribution in [2.45, 2.75) is 6.04 Å². The van der Waals surface area contributed by atoms with E-state index in [1.165, 1.54) is 18.2 Å². The summed E-state index contributed by atoms with van der Waals surface area (Å²) >= 11 is 0. The van der Waals surface area contributed by atoms with Gasteiger partial charge in [0.05, 0.1) is 0 Å². The quantitative estimate of drug-likeness (QED) is 0.663. The van der Waals surface area contributed by atoms with Gasteiger partial charge in [0, 0.05) is 0 Å². The molecular formula is C10H11NO3. The van der Waals surface area contributed by atoms with Crippen molar-refractivity contribution in [3.8, 4) is 5.75 Å². The van der Waals surface area contributed by atoms with Crippen LogP contribution in [0.5, 0.6) is 5.75 Å². The number of benzene rings is 1. The van der Waals surface area contributed by atoms with E-state index in [-0.39, 0.29) is 5.75 Å². The van der Waals surface area contributed by atoms with Gasteiger partial charge in [-0.25, -0.2) is 0 Å². The van der Waals surface area contributed by atoms with Crippen LogP contribution < -0.4 is 5.73 Å². The summed E-state index contributed by atoms with van der Waals surface area (Å²) in [6.45, 7) is 0. The summed E-state index contributed by atoms with van der Waals surface area (Å²) in [5.41, 5.74) is 5.96.